The largest absolute Gasteiger partial charge is 0.481 e. The Kier molecular flexibility index (Phi) is 5.22. The second-order valence-corrected chi connectivity index (χ2v) is 10.3. The number of H-pyrrole nitrogens is 1. The van der Waals surface area contributed by atoms with Crippen molar-refractivity contribution in [2.75, 3.05) is 5.32 Å². The first-order valence-electron chi connectivity index (χ1n) is 11.1. The van der Waals surface area contributed by atoms with Crippen molar-refractivity contribution in [2.45, 2.75) is 31.7 Å². The minimum Gasteiger partial charge on any atom is -0.481 e. The molecule has 7 rings (SSSR count). The maximum atomic E-state index is 13.8. The Morgan fingerprint density at radius 3 is 2.71 bits per heavy atom. The van der Waals surface area contributed by atoms with Crippen molar-refractivity contribution in [1.29, 1.82) is 0 Å². The molecule has 0 aromatic carbocycles. The Labute approximate surface area is 202 Å². The predicted molar refractivity (Wildman–Crippen MR) is 127 cm³/mol. The average Bonchev–Trinajstić information content (AvgIpc) is 3.45. The number of aliphatic carboxylic acids is 1. The predicted octanol–water partition coefficient (Wildman–Crippen LogP) is 5.24. The van der Waals surface area contributed by atoms with Crippen LogP contribution in [0.3, 0.4) is 0 Å². The molecule has 3 saturated carbocycles. The van der Waals surface area contributed by atoms with Gasteiger partial charge in [0.1, 0.15) is 16.5 Å². The van der Waals surface area contributed by atoms with Crippen LogP contribution in [0.5, 0.6) is 0 Å². The summed E-state index contributed by atoms with van der Waals surface area (Å²) in [5.41, 5.74) is 2.21. The van der Waals surface area contributed by atoms with E-state index in [-0.39, 0.29) is 28.2 Å². The number of nitrogens with zero attached hydrogens (tertiary/aromatic N) is 4. The van der Waals surface area contributed by atoms with Crippen LogP contribution in [-0.2, 0) is 4.79 Å². The van der Waals surface area contributed by atoms with Gasteiger partial charge in [0.15, 0.2) is 16.6 Å². The van der Waals surface area contributed by atoms with E-state index in [2.05, 4.69) is 25.3 Å². The summed E-state index contributed by atoms with van der Waals surface area (Å²) < 4.78 is 13.8. The second-order valence-electron chi connectivity index (χ2n) is 8.87. The number of anilines is 1. The van der Waals surface area contributed by atoms with Crippen LogP contribution in [-0.4, -0.2) is 42.0 Å². The third kappa shape index (κ3) is 3.70. The lowest BCUT2D eigenvalue weighted by atomic mass is 9.61. The van der Waals surface area contributed by atoms with Gasteiger partial charge in [0.2, 0.25) is 0 Å². The van der Waals surface area contributed by atoms with E-state index in [1.165, 1.54) is 12.3 Å². The van der Waals surface area contributed by atoms with Crippen molar-refractivity contribution < 1.29 is 14.3 Å². The second kappa shape index (κ2) is 8.28. The Balaban J connectivity index is 1.46. The zero-order valence-corrected chi connectivity index (χ0v) is 19.4. The number of carboxylic acids is 1. The average molecular weight is 499 g/mol. The number of nitrogens with one attached hydrogen (secondary N) is 2. The third-order valence-corrected chi connectivity index (χ3v) is 8.04. The number of hydrogen-bond donors (Lipinski definition) is 3. The van der Waals surface area contributed by atoms with E-state index in [0.717, 1.165) is 37.0 Å². The number of aromatic amines is 1. The number of rotatable bonds is 5. The summed E-state index contributed by atoms with van der Waals surface area (Å²) >= 11 is 7.06. The van der Waals surface area contributed by atoms with Gasteiger partial charge in [0, 0.05) is 18.3 Å². The molecule has 0 spiro atoms. The van der Waals surface area contributed by atoms with Gasteiger partial charge in [-0.1, -0.05) is 11.6 Å². The lowest BCUT2D eigenvalue weighted by Gasteiger charge is -2.47. The van der Waals surface area contributed by atoms with Gasteiger partial charge in [-0.2, -0.15) is 4.39 Å². The van der Waals surface area contributed by atoms with E-state index in [9.17, 15) is 14.3 Å². The summed E-state index contributed by atoms with van der Waals surface area (Å²) in [6, 6.07) is 4.60. The quantitative estimate of drug-likeness (QED) is 0.344. The molecule has 0 unspecified atom stereocenters. The smallest absolute Gasteiger partial charge is 0.308 e. The topological polar surface area (TPSA) is 117 Å². The standard InChI is InChI=1S/C23H20ClFN6O2S/c24-15-9-27-22-20(29-15)12(8-26-22)21-28-13(14-5-6-16(25)34-14)7-17(31-21)30-19-11-3-1-10(2-4-11)18(19)23(32)33/h5-11,18-19H,1-4H2,(H,26,27)(H,32,33)(H,28,30,31)/t10?,11?,18-,19-/m0/s1. The van der Waals surface area contributed by atoms with Crippen LogP contribution in [0.1, 0.15) is 25.7 Å². The van der Waals surface area contributed by atoms with E-state index >= 15 is 0 Å². The Morgan fingerprint density at radius 1 is 1.18 bits per heavy atom. The van der Waals surface area contributed by atoms with E-state index < -0.39 is 11.9 Å². The van der Waals surface area contributed by atoms with Crippen LogP contribution in [0, 0.1) is 22.9 Å². The van der Waals surface area contributed by atoms with Crippen LogP contribution >= 0.6 is 22.9 Å². The van der Waals surface area contributed by atoms with E-state index in [0.29, 0.717) is 38.9 Å². The Bertz CT molecular complexity index is 1400. The molecule has 3 aliphatic rings. The maximum absolute atomic E-state index is 13.8. The third-order valence-electron chi connectivity index (χ3n) is 6.96. The number of hydrogen-bond acceptors (Lipinski definition) is 7. The molecule has 3 N–H and O–H groups in total. The molecule has 11 heteroatoms. The minimum absolute atomic E-state index is 0.165. The van der Waals surface area contributed by atoms with Gasteiger partial charge in [0.25, 0.3) is 0 Å². The maximum Gasteiger partial charge on any atom is 0.308 e. The number of halogens is 2. The van der Waals surface area contributed by atoms with Crippen molar-refractivity contribution in [1.82, 2.24) is 24.9 Å². The van der Waals surface area contributed by atoms with Crippen LogP contribution in [0.15, 0.2) is 30.6 Å². The molecule has 34 heavy (non-hydrogen) atoms. The number of carboxylic acid groups (broad SMARTS) is 1. The fourth-order valence-corrected chi connectivity index (χ4v) is 6.27. The summed E-state index contributed by atoms with van der Waals surface area (Å²) in [6.07, 6.45) is 7.06. The van der Waals surface area contributed by atoms with Crippen molar-refractivity contribution in [3.8, 4) is 22.0 Å². The molecule has 0 amide bonds. The van der Waals surface area contributed by atoms with Gasteiger partial charge < -0.3 is 15.4 Å². The molecular formula is C23H20ClFN6O2S. The zero-order valence-electron chi connectivity index (χ0n) is 17.8. The molecule has 3 fully saturated rings. The zero-order chi connectivity index (χ0) is 23.4. The fraction of sp³-hybridized carbons (Fsp3) is 0.348. The monoisotopic (exact) mass is 498 g/mol. The Hall–Kier alpha value is -3.11. The molecular weight excluding hydrogens is 479 g/mol. The first-order chi connectivity index (χ1) is 16.5. The van der Waals surface area contributed by atoms with Gasteiger partial charge in [0.05, 0.1) is 28.2 Å². The van der Waals surface area contributed by atoms with Crippen molar-refractivity contribution in [2.24, 2.45) is 17.8 Å². The van der Waals surface area contributed by atoms with E-state index in [4.69, 9.17) is 16.6 Å². The first-order valence-corrected chi connectivity index (χ1v) is 12.3. The summed E-state index contributed by atoms with van der Waals surface area (Å²) in [7, 11) is 0. The van der Waals surface area contributed by atoms with Gasteiger partial charge in [-0.25, -0.2) is 19.9 Å². The number of aromatic nitrogens is 5. The first kappa shape index (κ1) is 21.4. The Morgan fingerprint density at radius 2 is 1.97 bits per heavy atom. The highest BCUT2D eigenvalue weighted by Gasteiger charge is 2.47. The lowest BCUT2D eigenvalue weighted by molar-refractivity contribution is -0.148. The van der Waals surface area contributed by atoms with Gasteiger partial charge in [-0.3, -0.25) is 4.79 Å². The van der Waals surface area contributed by atoms with Crippen molar-refractivity contribution >= 4 is 45.9 Å². The van der Waals surface area contributed by atoms with Crippen molar-refractivity contribution in [3.63, 3.8) is 0 Å². The normalized spacial score (nSPS) is 23.9. The molecule has 3 aliphatic carbocycles. The lowest BCUT2D eigenvalue weighted by Crippen LogP contribution is -2.51. The molecule has 2 bridgehead atoms. The number of thiophene rings is 1. The summed E-state index contributed by atoms with van der Waals surface area (Å²) in [5, 5.41) is 13.3. The van der Waals surface area contributed by atoms with E-state index in [1.54, 1.807) is 18.3 Å². The molecule has 4 aromatic rings. The highest BCUT2D eigenvalue weighted by molar-refractivity contribution is 7.13. The molecule has 0 aliphatic heterocycles. The van der Waals surface area contributed by atoms with Gasteiger partial charge >= 0.3 is 5.97 Å². The molecule has 2 atom stereocenters. The van der Waals surface area contributed by atoms with Crippen LogP contribution in [0.25, 0.3) is 33.1 Å². The summed E-state index contributed by atoms with van der Waals surface area (Å²) in [6.45, 7) is 0. The van der Waals surface area contributed by atoms with Crippen molar-refractivity contribution in [3.05, 3.63) is 40.9 Å². The summed E-state index contributed by atoms with van der Waals surface area (Å²) in [4.78, 5) is 33.8. The highest BCUT2D eigenvalue weighted by Crippen LogP contribution is 2.46. The van der Waals surface area contributed by atoms with Crippen LogP contribution in [0.4, 0.5) is 10.2 Å². The van der Waals surface area contributed by atoms with E-state index in [1.807, 2.05) is 0 Å². The summed E-state index contributed by atoms with van der Waals surface area (Å²) in [5.74, 6) is 0.0594. The molecule has 8 nitrogen and oxygen atoms in total. The molecule has 4 aromatic heterocycles. The molecule has 0 radical (unpaired) electrons. The molecule has 0 saturated heterocycles. The van der Waals surface area contributed by atoms with Gasteiger partial charge in [-0.15, -0.1) is 11.3 Å². The van der Waals surface area contributed by atoms with Crippen LogP contribution < -0.4 is 5.32 Å². The number of carbonyl (C=O) groups is 1. The number of fused-ring (bicyclic) bond motifs is 4. The fourth-order valence-electron chi connectivity index (χ4n) is 5.44. The highest BCUT2D eigenvalue weighted by atomic mass is 35.5. The van der Waals surface area contributed by atoms with Gasteiger partial charge in [-0.05, 0) is 49.7 Å². The molecule has 4 heterocycles. The SMILES string of the molecule is O=C(O)[C@H]1C2CCC(CC2)[C@@H]1Nc1cc(-c2ccc(F)s2)nc(-c2c[nH]c3ncc(Cl)nc23)n1. The molecule has 174 valence electrons. The minimum atomic E-state index is -0.775. The van der Waals surface area contributed by atoms with Crippen LogP contribution in [0.2, 0.25) is 5.15 Å².